The maximum absolute atomic E-state index is 12.2. The Morgan fingerprint density at radius 2 is 1.29 bits per heavy atom. The van der Waals surface area contributed by atoms with Gasteiger partial charge in [-0.3, -0.25) is 10.1 Å². The Balaban J connectivity index is 0.000000351. The summed E-state index contributed by atoms with van der Waals surface area (Å²) in [4.78, 5) is 12.0. The van der Waals surface area contributed by atoms with Gasteiger partial charge < -0.3 is 4.55 Å². The fourth-order valence-electron chi connectivity index (χ4n) is 2.70. The van der Waals surface area contributed by atoms with E-state index in [0.29, 0.717) is 0 Å². The number of nitro benzene ring substituents is 1. The minimum atomic E-state index is -7.43. The summed E-state index contributed by atoms with van der Waals surface area (Å²) in [7, 11) is -7.24. The number of halogens is 9. The number of rotatable bonds is 7. The number of fused-ring (bicyclic) bond motifs is 1. The van der Waals surface area contributed by atoms with E-state index in [0.717, 1.165) is 22.3 Å². The number of hydrogen-bond acceptors (Lipinski definition) is 5. The number of nitro groups is 1. The van der Waals surface area contributed by atoms with Crippen molar-refractivity contribution in [3.05, 3.63) is 46.5 Å². The molecule has 6 nitrogen and oxygen atoms in total. The van der Waals surface area contributed by atoms with Crippen molar-refractivity contribution in [2.24, 2.45) is 0 Å². The quantitative estimate of drug-likeness (QED) is 0.142. The molecule has 0 aromatic heterocycles. The molecule has 0 spiro atoms. The smallest absolute Gasteiger partial charge is 0.460 e. The van der Waals surface area contributed by atoms with Crippen LogP contribution in [-0.2, 0) is 21.0 Å². The van der Waals surface area contributed by atoms with Gasteiger partial charge in [-0.05, 0) is 26.0 Å². The van der Waals surface area contributed by atoms with E-state index in [1.165, 1.54) is 4.90 Å². The van der Waals surface area contributed by atoms with E-state index in [-0.39, 0.29) is 21.5 Å². The second-order valence-corrected chi connectivity index (χ2v) is 10.6. The van der Waals surface area contributed by atoms with Crippen LogP contribution in [0.3, 0.4) is 0 Å². The Hall–Kier alpha value is -2.27. The van der Waals surface area contributed by atoms with E-state index in [4.69, 9.17) is 0 Å². The molecule has 0 aliphatic carbocycles. The largest absolute Gasteiger partial charge is 0.743 e. The van der Waals surface area contributed by atoms with Gasteiger partial charge in [-0.1, -0.05) is 12.1 Å². The highest BCUT2D eigenvalue weighted by Gasteiger charge is 2.83. The van der Waals surface area contributed by atoms with Gasteiger partial charge in [0.1, 0.15) is 11.5 Å². The van der Waals surface area contributed by atoms with Crippen molar-refractivity contribution >= 4 is 37.5 Å². The minimum Gasteiger partial charge on any atom is -0.743 e. The maximum atomic E-state index is 12.2. The molecule has 0 bridgehead atoms. The highest BCUT2D eigenvalue weighted by atomic mass is 32.2. The molecular weight excluding hydrogens is 545 g/mol. The first kappa shape index (κ1) is 30.8. The normalized spacial score (nSPS) is 13.5. The summed E-state index contributed by atoms with van der Waals surface area (Å²) in [6.45, 7) is 4.34. The molecule has 198 valence electrons. The van der Waals surface area contributed by atoms with Crippen LogP contribution in [0.25, 0.3) is 10.8 Å². The molecule has 0 aliphatic rings. The lowest BCUT2D eigenvalue weighted by Crippen LogP contribution is -2.63. The molecule has 2 aromatic rings. The second-order valence-electron chi connectivity index (χ2n) is 6.57. The molecule has 0 saturated heterocycles. The SMILES string of the molecule is CC[S+](CC)c1ccc([N+](=O)[O-])c2ccccc12.O=S(=O)([O-])C(F)(F)C(F)(F)C(F)(F)C(F)(F)F. The summed E-state index contributed by atoms with van der Waals surface area (Å²) in [6, 6.07) is 11.2. The van der Waals surface area contributed by atoms with Gasteiger partial charge in [0.15, 0.2) is 15.0 Å². The average molecular weight is 561 g/mol. The molecule has 17 heteroatoms. The van der Waals surface area contributed by atoms with Crippen molar-refractivity contribution in [2.75, 3.05) is 11.5 Å². The molecule has 0 fully saturated rings. The molecule has 0 unspecified atom stereocenters. The summed E-state index contributed by atoms with van der Waals surface area (Å²) in [5, 5.41) is 5.71. The molecule has 0 heterocycles. The molecule has 0 N–H and O–H groups in total. The van der Waals surface area contributed by atoms with Crippen molar-refractivity contribution in [1.82, 2.24) is 0 Å². The molecule has 0 radical (unpaired) electrons. The summed E-state index contributed by atoms with van der Waals surface area (Å²) < 4.78 is 135. The van der Waals surface area contributed by atoms with E-state index in [9.17, 15) is 62.6 Å². The van der Waals surface area contributed by atoms with Gasteiger partial charge in [0, 0.05) is 28.4 Å². The first-order valence-electron chi connectivity index (χ1n) is 9.18. The fraction of sp³-hybridized carbons (Fsp3) is 0.444. The van der Waals surface area contributed by atoms with E-state index in [2.05, 4.69) is 13.8 Å². The van der Waals surface area contributed by atoms with Crippen molar-refractivity contribution in [1.29, 1.82) is 0 Å². The zero-order chi connectivity index (χ0) is 27.6. The van der Waals surface area contributed by atoms with E-state index >= 15 is 0 Å². The summed E-state index contributed by atoms with van der Waals surface area (Å²) in [5.74, 6) is -12.7. The number of benzene rings is 2. The topological polar surface area (TPSA) is 100 Å². The van der Waals surface area contributed by atoms with E-state index < -0.39 is 33.4 Å². The number of hydrogen-bond donors (Lipinski definition) is 0. The van der Waals surface area contributed by atoms with Crippen molar-refractivity contribution in [3.63, 3.8) is 0 Å². The Kier molecular flexibility index (Phi) is 9.12. The number of non-ortho nitro benzene ring substituents is 1. The third-order valence-corrected chi connectivity index (χ3v) is 7.75. The molecule has 0 atom stereocenters. The Morgan fingerprint density at radius 1 is 0.829 bits per heavy atom. The Labute approximate surface area is 195 Å². The molecule has 0 saturated carbocycles. The Bertz CT molecular complexity index is 1170. The molecule has 0 amide bonds. The first-order valence-corrected chi connectivity index (χ1v) is 12.1. The van der Waals surface area contributed by atoms with Crippen LogP contribution in [0.5, 0.6) is 0 Å². The second kappa shape index (κ2) is 10.4. The van der Waals surface area contributed by atoms with E-state index in [1.54, 1.807) is 6.07 Å². The Morgan fingerprint density at radius 3 is 1.66 bits per heavy atom. The standard InChI is InChI=1S/C14H16NO2S.C4HF9O3S/c1-3-18(4-2)14-10-9-13(15(16)17)11-7-5-6-8-12(11)14;5-1(6,3(9,10)11)2(7,8)4(12,13)17(14,15)16/h5-10H,3-4H2,1-2H3;(H,14,15,16)/q+1;/p-1. The molecule has 2 aromatic carbocycles. The summed E-state index contributed by atoms with van der Waals surface area (Å²) >= 11 is 0. The average Bonchev–Trinajstić information content (AvgIpc) is 2.73. The zero-order valence-electron chi connectivity index (χ0n) is 17.6. The predicted octanol–water partition coefficient (Wildman–Crippen LogP) is 5.72. The van der Waals surface area contributed by atoms with Gasteiger partial charge in [-0.25, -0.2) is 8.42 Å². The third kappa shape index (κ3) is 5.77. The number of nitrogens with zero attached hydrogens (tertiary/aromatic N) is 1. The monoisotopic (exact) mass is 561 g/mol. The van der Waals surface area contributed by atoms with Gasteiger partial charge in [-0.2, -0.15) is 39.5 Å². The van der Waals surface area contributed by atoms with Crippen LogP contribution >= 0.6 is 0 Å². The number of alkyl halides is 9. The van der Waals surface area contributed by atoms with Gasteiger partial charge in [-0.15, -0.1) is 0 Å². The van der Waals surface area contributed by atoms with E-state index in [1.807, 2.05) is 30.3 Å². The lowest BCUT2D eigenvalue weighted by Gasteiger charge is -2.34. The van der Waals surface area contributed by atoms with Crippen LogP contribution < -0.4 is 0 Å². The van der Waals surface area contributed by atoms with Crippen LogP contribution in [0.4, 0.5) is 45.2 Å². The van der Waals surface area contributed by atoms with Crippen LogP contribution in [0, 0.1) is 10.1 Å². The van der Waals surface area contributed by atoms with Crippen LogP contribution in [0.15, 0.2) is 41.3 Å². The maximum Gasteiger partial charge on any atom is 0.460 e. The molecule has 0 aliphatic heterocycles. The lowest BCUT2D eigenvalue weighted by atomic mass is 10.1. The van der Waals surface area contributed by atoms with Crippen LogP contribution in [0.2, 0.25) is 0 Å². The third-order valence-electron chi connectivity index (χ3n) is 4.50. The van der Waals surface area contributed by atoms with Gasteiger partial charge in [0.05, 0.1) is 10.3 Å². The molecular formula is C18H16F9NO5S2. The van der Waals surface area contributed by atoms with Crippen molar-refractivity contribution in [3.8, 4) is 0 Å². The highest BCUT2D eigenvalue weighted by Crippen LogP contribution is 2.54. The van der Waals surface area contributed by atoms with Crippen LogP contribution in [-0.4, -0.2) is 52.7 Å². The first-order chi connectivity index (χ1) is 15.7. The zero-order valence-corrected chi connectivity index (χ0v) is 19.2. The fourth-order valence-corrected chi connectivity index (χ4v) is 4.92. The molecule has 35 heavy (non-hydrogen) atoms. The van der Waals surface area contributed by atoms with Crippen molar-refractivity contribution < 1.29 is 57.4 Å². The van der Waals surface area contributed by atoms with Crippen molar-refractivity contribution in [2.45, 2.75) is 42.0 Å². The van der Waals surface area contributed by atoms with Crippen LogP contribution in [0.1, 0.15) is 13.8 Å². The van der Waals surface area contributed by atoms with Gasteiger partial charge in [0.2, 0.25) is 0 Å². The molecule has 2 rings (SSSR count). The van der Waals surface area contributed by atoms with Gasteiger partial charge in [0.25, 0.3) is 5.69 Å². The highest BCUT2D eigenvalue weighted by molar-refractivity contribution is 7.97. The minimum absolute atomic E-state index is 0.180. The van der Waals surface area contributed by atoms with Gasteiger partial charge >= 0.3 is 23.3 Å². The lowest BCUT2D eigenvalue weighted by molar-refractivity contribution is -0.383. The summed E-state index contributed by atoms with van der Waals surface area (Å²) in [5.41, 5.74) is 0.199. The summed E-state index contributed by atoms with van der Waals surface area (Å²) in [6.07, 6.45) is -7.16. The predicted molar refractivity (Wildman–Crippen MR) is 108 cm³/mol.